The third kappa shape index (κ3) is 2.45. The molecule has 3 heteroatoms. The van der Waals surface area contributed by atoms with Crippen molar-refractivity contribution in [3.05, 3.63) is 35.9 Å². The van der Waals surface area contributed by atoms with Gasteiger partial charge in [-0.2, -0.15) is 0 Å². The maximum absolute atomic E-state index is 13.1. The highest BCUT2D eigenvalue weighted by molar-refractivity contribution is 5.80. The summed E-state index contributed by atoms with van der Waals surface area (Å²) < 4.78 is 0. The number of nitrogens with one attached hydrogen (secondary N) is 1. The molecule has 3 nitrogen and oxygen atoms in total. The molecular weight excluding hydrogens is 272 g/mol. The van der Waals surface area contributed by atoms with Gasteiger partial charge in [0.2, 0.25) is 5.91 Å². The van der Waals surface area contributed by atoms with Gasteiger partial charge in [0.25, 0.3) is 0 Å². The van der Waals surface area contributed by atoms with Crippen LogP contribution in [0.1, 0.15) is 43.7 Å². The van der Waals surface area contributed by atoms with Crippen LogP contribution in [0, 0.1) is 17.8 Å². The molecule has 0 unspecified atom stereocenters. The largest absolute Gasteiger partial charge is 0.335 e. The second-order valence-corrected chi connectivity index (χ2v) is 7.26. The molecule has 3 fully saturated rings. The minimum absolute atomic E-state index is 0.284. The molecule has 3 atom stereocenters. The Labute approximate surface area is 133 Å². The van der Waals surface area contributed by atoms with E-state index >= 15 is 0 Å². The first-order chi connectivity index (χ1) is 10.8. The zero-order chi connectivity index (χ0) is 14.9. The Hall–Kier alpha value is -1.35. The number of benzene rings is 1. The third-order valence-electron chi connectivity index (χ3n) is 5.94. The zero-order valence-electron chi connectivity index (χ0n) is 13.2. The lowest BCUT2D eigenvalue weighted by molar-refractivity contribution is -0.138. The van der Waals surface area contributed by atoms with Crippen molar-refractivity contribution in [2.45, 2.75) is 38.1 Å². The van der Waals surface area contributed by atoms with E-state index in [4.69, 9.17) is 0 Å². The zero-order valence-corrected chi connectivity index (χ0v) is 13.2. The lowest BCUT2D eigenvalue weighted by atomic mass is 9.87. The van der Waals surface area contributed by atoms with Gasteiger partial charge < -0.3 is 10.2 Å². The SMILES string of the molecule is O=C(C1CCCCC1)N1C[C@@H]2CNC[C@@H]2[C@H]1c1ccccc1. The maximum atomic E-state index is 13.1. The predicted octanol–water partition coefficient (Wildman–Crippen LogP) is 2.99. The molecule has 118 valence electrons. The van der Waals surface area contributed by atoms with Gasteiger partial charge in [-0.15, -0.1) is 0 Å². The van der Waals surface area contributed by atoms with E-state index in [2.05, 4.69) is 40.5 Å². The van der Waals surface area contributed by atoms with Gasteiger partial charge in [0.1, 0.15) is 0 Å². The fraction of sp³-hybridized carbons (Fsp3) is 0.632. The van der Waals surface area contributed by atoms with Crippen molar-refractivity contribution in [3.8, 4) is 0 Å². The van der Waals surface area contributed by atoms with Crippen LogP contribution in [0.25, 0.3) is 0 Å². The molecule has 1 N–H and O–H groups in total. The van der Waals surface area contributed by atoms with E-state index in [9.17, 15) is 4.79 Å². The summed E-state index contributed by atoms with van der Waals surface area (Å²) in [6.45, 7) is 3.08. The molecule has 0 bridgehead atoms. The molecule has 1 aromatic rings. The first kappa shape index (κ1) is 14.3. The summed E-state index contributed by atoms with van der Waals surface area (Å²) in [5.41, 5.74) is 1.32. The minimum atomic E-state index is 0.284. The topological polar surface area (TPSA) is 32.3 Å². The van der Waals surface area contributed by atoms with Crippen LogP contribution in [0.15, 0.2) is 30.3 Å². The molecule has 1 aliphatic carbocycles. The van der Waals surface area contributed by atoms with Crippen LogP contribution in [0.2, 0.25) is 0 Å². The van der Waals surface area contributed by atoms with Crippen LogP contribution in [0.3, 0.4) is 0 Å². The summed E-state index contributed by atoms with van der Waals surface area (Å²) in [5, 5.41) is 3.53. The molecule has 2 saturated heterocycles. The van der Waals surface area contributed by atoms with E-state index in [-0.39, 0.29) is 12.0 Å². The minimum Gasteiger partial charge on any atom is -0.335 e. The van der Waals surface area contributed by atoms with Gasteiger partial charge in [-0.3, -0.25) is 4.79 Å². The Balaban J connectivity index is 1.60. The summed E-state index contributed by atoms with van der Waals surface area (Å²) in [5.74, 6) is 1.95. The van der Waals surface area contributed by atoms with Crippen LogP contribution in [-0.4, -0.2) is 30.4 Å². The molecule has 1 amide bonds. The molecule has 0 aromatic heterocycles. The fourth-order valence-corrected chi connectivity index (χ4v) is 4.81. The van der Waals surface area contributed by atoms with Crippen LogP contribution >= 0.6 is 0 Å². The molecular formula is C19H26N2O. The van der Waals surface area contributed by atoms with Crippen molar-refractivity contribution in [1.82, 2.24) is 10.2 Å². The number of likely N-dealkylation sites (tertiary alicyclic amines) is 1. The summed E-state index contributed by atoms with van der Waals surface area (Å²) in [7, 11) is 0. The standard InChI is InChI=1S/C19H26N2O/c22-19(15-9-5-2-6-10-15)21-13-16-11-20-12-17(16)18(21)14-7-3-1-4-8-14/h1,3-4,7-8,15-18,20H,2,5-6,9-13H2/t16-,17-,18+/m0/s1. The molecule has 1 saturated carbocycles. The molecule has 0 radical (unpaired) electrons. The first-order valence-electron chi connectivity index (χ1n) is 8.91. The van der Waals surface area contributed by atoms with E-state index < -0.39 is 0 Å². The Bertz CT molecular complexity index is 523. The quantitative estimate of drug-likeness (QED) is 0.910. The van der Waals surface area contributed by atoms with Crippen molar-refractivity contribution in [2.75, 3.05) is 19.6 Å². The summed E-state index contributed by atoms with van der Waals surface area (Å²) in [6.07, 6.45) is 5.97. The van der Waals surface area contributed by atoms with Gasteiger partial charge in [0.05, 0.1) is 6.04 Å². The average molecular weight is 298 g/mol. The van der Waals surface area contributed by atoms with Crippen molar-refractivity contribution < 1.29 is 4.79 Å². The summed E-state index contributed by atoms with van der Waals surface area (Å²) in [6, 6.07) is 11.0. The molecule has 22 heavy (non-hydrogen) atoms. The van der Waals surface area contributed by atoms with E-state index in [1.54, 1.807) is 0 Å². The fourth-order valence-electron chi connectivity index (χ4n) is 4.81. The summed E-state index contributed by atoms with van der Waals surface area (Å²) in [4.78, 5) is 15.4. The molecule has 3 aliphatic rings. The van der Waals surface area contributed by atoms with Crippen molar-refractivity contribution in [2.24, 2.45) is 17.8 Å². The smallest absolute Gasteiger partial charge is 0.226 e. The maximum Gasteiger partial charge on any atom is 0.226 e. The number of carbonyl (C=O) groups is 1. The van der Waals surface area contributed by atoms with Gasteiger partial charge in [-0.25, -0.2) is 0 Å². The number of fused-ring (bicyclic) bond motifs is 1. The number of hydrogen-bond acceptors (Lipinski definition) is 2. The lowest BCUT2D eigenvalue weighted by Gasteiger charge is -2.32. The Morgan fingerprint density at radius 3 is 2.59 bits per heavy atom. The number of carbonyl (C=O) groups excluding carboxylic acids is 1. The molecule has 4 rings (SSSR count). The molecule has 0 spiro atoms. The number of nitrogens with zero attached hydrogens (tertiary/aromatic N) is 1. The van der Waals surface area contributed by atoms with Crippen molar-refractivity contribution in [3.63, 3.8) is 0 Å². The van der Waals surface area contributed by atoms with Crippen LogP contribution in [0.4, 0.5) is 0 Å². The predicted molar refractivity (Wildman–Crippen MR) is 87.3 cm³/mol. The normalized spacial score (nSPS) is 32.2. The Kier molecular flexibility index (Phi) is 3.91. The highest BCUT2D eigenvalue weighted by Crippen LogP contribution is 2.44. The second kappa shape index (κ2) is 6.04. The highest BCUT2D eigenvalue weighted by Gasteiger charge is 2.47. The van der Waals surface area contributed by atoms with Gasteiger partial charge in [0.15, 0.2) is 0 Å². The van der Waals surface area contributed by atoms with Gasteiger partial charge in [-0.1, -0.05) is 49.6 Å². The van der Waals surface area contributed by atoms with E-state index in [0.29, 0.717) is 17.7 Å². The Morgan fingerprint density at radius 1 is 1.05 bits per heavy atom. The lowest BCUT2D eigenvalue weighted by Crippen LogP contribution is -2.39. The van der Waals surface area contributed by atoms with E-state index in [0.717, 1.165) is 32.5 Å². The third-order valence-corrected chi connectivity index (χ3v) is 5.94. The van der Waals surface area contributed by atoms with Crippen LogP contribution in [-0.2, 0) is 4.79 Å². The Morgan fingerprint density at radius 2 is 1.82 bits per heavy atom. The molecule has 2 aliphatic heterocycles. The number of amides is 1. The second-order valence-electron chi connectivity index (χ2n) is 7.26. The van der Waals surface area contributed by atoms with Gasteiger partial charge in [0, 0.05) is 31.5 Å². The van der Waals surface area contributed by atoms with Crippen molar-refractivity contribution >= 4 is 5.91 Å². The summed E-state index contributed by atoms with van der Waals surface area (Å²) >= 11 is 0. The van der Waals surface area contributed by atoms with E-state index in [1.165, 1.54) is 24.8 Å². The number of rotatable bonds is 2. The molecule has 1 aromatic carbocycles. The van der Waals surface area contributed by atoms with Crippen molar-refractivity contribution in [1.29, 1.82) is 0 Å². The first-order valence-corrected chi connectivity index (χ1v) is 8.91. The average Bonchev–Trinajstić information content (AvgIpc) is 3.16. The van der Waals surface area contributed by atoms with Crippen LogP contribution in [0.5, 0.6) is 0 Å². The number of hydrogen-bond donors (Lipinski definition) is 1. The van der Waals surface area contributed by atoms with Crippen LogP contribution < -0.4 is 5.32 Å². The van der Waals surface area contributed by atoms with Gasteiger partial charge in [-0.05, 0) is 24.3 Å². The van der Waals surface area contributed by atoms with E-state index in [1.807, 2.05) is 0 Å². The monoisotopic (exact) mass is 298 g/mol. The van der Waals surface area contributed by atoms with Gasteiger partial charge >= 0.3 is 0 Å². The molecule has 2 heterocycles. The highest BCUT2D eigenvalue weighted by atomic mass is 16.2.